The second kappa shape index (κ2) is 4.45. The monoisotopic (exact) mass is 186 g/mol. The van der Waals surface area contributed by atoms with E-state index in [1.807, 2.05) is 30.3 Å². The van der Waals surface area contributed by atoms with E-state index in [0.29, 0.717) is 12.5 Å². The van der Waals surface area contributed by atoms with Gasteiger partial charge in [-0.1, -0.05) is 55.8 Å². The first-order chi connectivity index (χ1) is 6.86. The number of hydrogen-bond donors (Lipinski definition) is 0. The number of carbonyl (C=O) groups is 1. The summed E-state index contributed by atoms with van der Waals surface area (Å²) in [6.45, 7) is 0.655. The van der Waals surface area contributed by atoms with Crippen LogP contribution < -0.4 is 0 Å². The second-order valence-electron chi connectivity index (χ2n) is 4.14. The molecule has 1 fully saturated rings. The summed E-state index contributed by atoms with van der Waals surface area (Å²) in [5.74, 6) is 0.317. The van der Waals surface area contributed by atoms with Gasteiger partial charge >= 0.3 is 0 Å². The van der Waals surface area contributed by atoms with Crippen molar-refractivity contribution in [2.45, 2.75) is 31.8 Å². The molecule has 14 heavy (non-hydrogen) atoms. The van der Waals surface area contributed by atoms with E-state index < -0.39 is 0 Å². The van der Waals surface area contributed by atoms with Gasteiger partial charge in [-0.15, -0.1) is 0 Å². The maximum Gasteiger partial charge on any atom is 0.155 e. The molecule has 1 aromatic carbocycles. The Hall–Kier alpha value is -1.05. The number of Topliss-reactive ketones (excluding diaryl/α,β-unsaturated/α-hetero) is 1. The Kier molecular flexibility index (Phi) is 3.02. The van der Waals surface area contributed by atoms with Crippen LogP contribution in [-0.4, -0.2) is 12.5 Å². The summed E-state index contributed by atoms with van der Waals surface area (Å²) < 4.78 is 0. The fraction of sp³-hybridized carbons (Fsp3) is 0.417. The maximum atomic E-state index is 11.8. The van der Waals surface area contributed by atoms with Crippen LogP contribution in [0.15, 0.2) is 30.3 Å². The summed E-state index contributed by atoms with van der Waals surface area (Å²) in [5, 5.41) is 0. The van der Waals surface area contributed by atoms with E-state index in [1.54, 1.807) is 0 Å². The number of ketones is 1. The molecule has 0 aromatic heterocycles. The number of carbonyl (C=O) groups excluding carboxylic acids is 1. The van der Waals surface area contributed by atoms with Crippen molar-refractivity contribution in [3.8, 4) is 0 Å². The van der Waals surface area contributed by atoms with E-state index in [9.17, 15) is 4.79 Å². The lowest BCUT2D eigenvalue weighted by molar-refractivity contribution is 0.101. The molecule has 1 aromatic rings. The predicted octanol–water partition coefficient (Wildman–Crippen LogP) is 3.16. The van der Waals surface area contributed by atoms with E-state index >= 15 is 0 Å². The molecular formula is C12H15BO. The first-order valence-electron chi connectivity index (χ1n) is 5.44. The predicted molar refractivity (Wildman–Crippen MR) is 60.2 cm³/mol. The fourth-order valence-corrected chi connectivity index (χ4v) is 2.22. The van der Waals surface area contributed by atoms with Gasteiger partial charge < -0.3 is 0 Å². The van der Waals surface area contributed by atoms with Crippen molar-refractivity contribution >= 4 is 12.5 Å². The SMILES string of the molecule is O=C(CB1CCCC1)c1ccccc1. The Labute approximate surface area is 85.6 Å². The lowest BCUT2D eigenvalue weighted by Gasteiger charge is -2.03. The maximum absolute atomic E-state index is 11.8. The van der Waals surface area contributed by atoms with Crippen LogP contribution in [0.4, 0.5) is 0 Å². The summed E-state index contributed by atoms with van der Waals surface area (Å²) in [7, 11) is 0. The zero-order valence-corrected chi connectivity index (χ0v) is 8.41. The number of benzene rings is 1. The van der Waals surface area contributed by atoms with Crippen molar-refractivity contribution < 1.29 is 4.79 Å². The van der Waals surface area contributed by atoms with Gasteiger partial charge in [-0.3, -0.25) is 4.79 Å². The first kappa shape index (κ1) is 9.51. The Morgan fingerprint density at radius 1 is 1.14 bits per heavy atom. The zero-order valence-electron chi connectivity index (χ0n) is 8.41. The van der Waals surface area contributed by atoms with Gasteiger partial charge in [0.15, 0.2) is 5.78 Å². The molecule has 2 rings (SSSR count). The molecule has 0 unspecified atom stereocenters. The van der Waals surface area contributed by atoms with Crippen LogP contribution in [0.3, 0.4) is 0 Å². The molecule has 0 N–H and O–H groups in total. The largest absolute Gasteiger partial charge is 0.295 e. The Bertz CT molecular complexity index is 301. The summed E-state index contributed by atoms with van der Waals surface area (Å²) in [4.78, 5) is 11.8. The molecule has 72 valence electrons. The third-order valence-corrected chi connectivity index (χ3v) is 3.04. The standard InChI is InChI=1S/C12H15BO/c14-12(10-13-8-4-5-9-13)11-6-2-1-3-7-11/h1-3,6-7H,4-5,8-10H2. The van der Waals surface area contributed by atoms with Gasteiger partial charge in [0.25, 0.3) is 0 Å². The summed E-state index contributed by atoms with van der Waals surface area (Å²) >= 11 is 0. The van der Waals surface area contributed by atoms with Crippen molar-refractivity contribution in [1.82, 2.24) is 0 Å². The van der Waals surface area contributed by atoms with E-state index in [1.165, 1.54) is 25.5 Å². The van der Waals surface area contributed by atoms with Gasteiger partial charge in [0.2, 0.25) is 0 Å². The van der Waals surface area contributed by atoms with Gasteiger partial charge in [0.1, 0.15) is 6.71 Å². The molecule has 1 saturated heterocycles. The van der Waals surface area contributed by atoms with Crippen LogP contribution >= 0.6 is 0 Å². The number of hydrogen-bond acceptors (Lipinski definition) is 1. The van der Waals surface area contributed by atoms with E-state index in [2.05, 4.69) is 0 Å². The minimum atomic E-state index is 0.317. The smallest absolute Gasteiger partial charge is 0.155 e. The highest BCUT2D eigenvalue weighted by Gasteiger charge is 2.22. The Morgan fingerprint density at radius 3 is 2.43 bits per heavy atom. The quantitative estimate of drug-likeness (QED) is 0.523. The topological polar surface area (TPSA) is 17.1 Å². The summed E-state index contributed by atoms with van der Waals surface area (Å²) in [6, 6.07) is 9.64. The molecule has 0 aliphatic carbocycles. The van der Waals surface area contributed by atoms with Crippen LogP contribution in [0.25, 0.3) is 0 Å². The van der Waals surface area contributed by atoms with Crippen molar-refractivity contribution in [3.63, 3.8) is 0 Å². The molecule has 1 nitrogen and oxygen atoms in total. The van der Waals surface area contributed by atoms with E-state index in [-0.39, 0.29) is 0 Å². The minimum absolute atomic E-state index is 0.317. The highest BCUT2D eigenvalue weighted by Crippen LogP contribution is 2.23. The van der Waals surface area contributed by atoms with Crippen molar-refractivity contribution in [2.24, 2.45) is 0 Å². The Balaban J connectivity index is 1.95. The minimum Gasteiger partial charge on any atom is -0.295 e. The molecule has 0 atom stereocenters. The molecular weight excluding hydrogens is 171 g/mol. The molecule has 0 amide bonds. The lowest BCUT2D eigenvalue weighted by atomic mass is 9.45. The van der Waals surface area contributed by atoms with Crippen molar-refractivity contribution in [2.75, 3.05) is 0 Å². The average molecular weight is 186 g/mol. The normalized spacial score (nSPS) is 15.9. The molecule has 0 bridgehead atoms. The van der Waals surface area contributed by atoms with Crippen LogP contribution in [-0.2, 0) is 0 Å². The third kappa shape index (κ3) is 2.25. The van der Waals surface area contributed by atoms with Crippen molar-refractivity contribution in [3.05, 3.63) is 35.9 Å². The molecule has 0 spiro atoms. The molecule has 1 heterocycles. The average Bonchev–Trinajstić information content (AvgIpc) is 2.72. The molecule has 0 saturated carbocycles. The Morgan fingerprint density at radius 2 is 1.79 bits per heavy atom. The van der Waals surface area contributed by atoms with Gasteiger partial charge in [0.05, 0.1) is 0 Å². The highest BCUT2D eigenvalue weighted by molar-refractivity contribution is 6.63. The summed E-state index contributed by atoms with van der Waals surface area (Å²) in [6.07, 6.45) is 5.88. The highest BCUT2D eigenvalue weighted by atomic mass is 16.1. The number of rotatable bonds is 3. The molecule has 1 aliphatic rings. The van der Waals surface area contributed by atoms with Gasteiger partial charge in [-0.2, -0.15) is 0 Å². The van der Waals surface area contributed by atoms with Gasteiger partial charge in [-0.25, -0.2) is 0 Å². The van der Waals surface area contributed by atoms with Crippen molar-refractivity contribution in [1.29, 1.82) is 0 Å². The molecule has 1 aliphatic heterocycles. The van der Waals surface area contributed by atoms with Crippen LogP contribution in [0, 0.1) is 0 Å². The fourth-order valence-electron chi connectivity index (χ4n) is 2.22. The third-order valence-electron chi connectivity index (χ3n) is 3.04. The second-order valence-corrected chi connectivity index (χ2v) is 4.14. The first-order valence-corrected chi connectivity index (χ1v) is 5.44. The van der Waals surface area contributed by atoms with Crippen LogP contribution in [0.2, 0.25) is 19.0 Å². The van der Waals surface area contributed by atoms with E-state index in [4.69, 9.17) is 0 Å². The van der Waals surface area contributed by atoms with E-state index in [0.717, 1.165) is 11.9 Å². The molecule has 0 radical (unpaired) electrons. The van der Waals surface area contributed by atoms with Crippen LogP contribution in [0.1, 0.15) is 23.2 Å². The molecule has 2 heteroatoms. The van der Waals surface area contributed by atoms with Gasteiger partial charge in [-0.05, 0) is 6.32 Å². The lowest BCUT2D eigenvalue weighted by Crippen LogP contribution is -2.12. The summed E-state index contributed by atoms with van der Waals surface area (Å²) in [5.41, 5.74) is 0.874. The zero-order chi connectivity index (χ0) is 9.80. The van der Waals surface area contributed by atoms with Crippen LogP contribution in [0.5, 0.6) is 0 Å². The van der Waals surface area contributed by atoms with Gasteiger partial charge in [0, 0.05) is 5.56 Å².